The summed E-state index contributed by atoms with van der Waals surface area (Å²) >= 11 is 0. The van der Waals surface area contributed by atoms with Crippen LogP contribution in [0.1, 0.15) is 107 Å². The van der Waals surface area contributed by atoms with E-state index in [1.807, 2.05) is 55.4 Å². The molecule has 4 N–H and O–H groups in total. The Kier molecular flexibility index (Phi) is 10.9. The maximum atomic E-state index is 12.4. The molecule has 2 atom stereocenters. The summed E-state index contributed by atoms with van der Waals surface area (Å²) in [4.78, 5) is 20.3. The lowest BCUT2D eigenvalue weighted by molar-refractivity contribution is 0.0242. The van der Waals surface area contributed by atoms with Crippen LogP contribution in [0.5, 0.6) is 0 Å². The van der Waals surface area contributed by atoms with Crippen LogP contribution in [0.3, 0.4) is 0 Å². The summed E-state index contributed by atoms with van der Waals surface area (Å²) in [5, 5.41) is 7.03. The van der Waals surface area contributed by atoms with Gasteiger partial charge in [-0.1, -0.05) is 12.8 Å². The lowest BCUT2D eigenvalue weighted by Crippen LogP contribution is -2.59. The van der Waals surface area contributed by atoms with Crippen LogP contribution in [0.25, 0.3) is 0 Å². The van der Waals surface area contributed by atoms with Gasteiger partial charge >= 0.3 is 15.6 Å². The fourth-order valence-electron chi connectivity index (χ4n) is 5.96. The summed E-state index contributed by atoms with van der Waals surface area (Å²) in [5.41, 5.74) is -0.782. The Hall–Kier alpha value is 0.140. The van der Waals surface area contributed by atoms with Gasteiger partial charge in [-0.2, -0.15) is 0 Å². The number of phosphoric ester groups is 2. The third kappa shape index (κ3) is 12.3. The summed E-state index contributed by atoms with van der Waals surface area (Å²) < 4.78 is 46.1. The maximum Gasteiger partial charge on any atom is 0.472 e. The van der Waals surface area contributed by atoms with Crippen molar-refractivity contribution in [3.63, 3.8) is 0 Å². The molecule has 0 aliphatic carbocycles. The zero-order chi connectivity index (χ0) is 27.5. The molecule has 0 aromatic rings. The van der Waals surface area contributed by atoms with Crippen molar-refractivity contribution in [2.75, 3.05) is 13.2 Å². The van der Waals surface area contributed by atoms with Crippen molar-refractivity contribution in [1.29, 1.82) is 0 Å². The van der Waals surface area contributed by atoms with Crippen LogP contribution in [-0.4, -0.2) is 57.4 Å². The molecule has 2 heterocycles. The summed E-state index contributed by atoms with van der Waals surface area (Å²) in [6, 6.07) is 0. The van der Waals surface area contributed by atoms with Crippen LogP contribution in [0.4, 0.5) is 0 Å². The van der Waals surface area contributed by atoms with Crippen molar-refractivity contribution in [2.24, 2.45) is 0 Å². The van der Waals surface area contributed by atoms with Crippen LogP contribution in [-0.2, 0) is 27.2 Å². The van der Waals surface area contributed by atoms with E-state index in [2.05, 4.69) is 10.6 Å². The second-order valence-electron chi connectivity index (χ2n) is 13.1. The maximum absolute atomic E-state index is 12.4. The minimum absolute atomic E-state index is 0.106. The largest absolute Gasteiger partial charge is 0.472 e. The highest BCUT2D eigenvalue weighted by Gasteiger charge is 2.42. The average molecular weight is 557 g/mol. The number of hydrogen-bond acceptors (Lipinski definition) is 8. The number of nitrogens with one attached hydrogen (secondary N) is 2. The highest BCUT2D eigenvalue weighted by atomic mass is 31.2. The van der Waals surface area contributed by atoms with Gasteiger partial charge in [0.25, 0.3) is 0 Å². The SMILES string of the molecule is CC1(C)CC(OP(=O)(O)OCCCCCCOP(=O)(O)OC2CC(C)(C)NC(C)(C)C2)CC(C)(C)N1. The third-order valence-corrected chi connectivity index (χ3v) is 8.56. The van der Waals surface area contributed by atoms with Gasteiger partial charge in [0.1, 0.15) is 0 Å². The van der Waals surface area contributed by atoms with E-state index >= 15 is 0 Å². The molecular formula is C24H50N2O8P2. The van der Waals surface area contributed by atoms with Gasteiger partial charge in [0.05, 0.1) is 25.4 Å². The van der Waals surface area contributed by atoms with E-state index in [1.54, 1.807) is 0 Å². The highest BCUT2D eigenvalue weighted by molar-refractivity contribution is 7.47. The third-order valence-electron chi connectivity index (χ3n) is 6.42. The second kappa shape index (κ2) is 12.1. The average Bonchev–Trinajstić information content (AvgIpc) is 2.57. The van der Waals surface area contributed by atoms with Gasteiger partial charge in [-0.05, 0) is 93.9 Å². The summed E-state index contributed by atoms with van der Waals surface area (Å²) in [6.45, 7) is 16.6. The van der Waals surface area contributed by atoms with Crippen molar-refractivity contribution in [1.82, 2.24) is 10.6 Å². The Bertz CT molecular complexity index is 720. The molecule has 12 heteroatoms. The Morgan fingerprint density at radius 2 is 0.889 bits per heavy atom. The van der Waals surface area contributed by atoms with E-state index in [4.69, 9.17) is 18.1 Å². The number of rotatable bonds is 13. The van der Waals surface area contributed by atoms with E-state index < -0.39 is 15.6 Å². The van der Waals surface area contributed by atoms with Crippen molar-refractivity contribution < 1.29 is 37.0 Å². The number of hydrogen-bond donors (Lipinski definition) is 4. The summed E-state index contributed by atoms with van der Waals surface area (Å²) in [6.07, 6.45) is 4.37. The van der Waals surface area contributed by atoms with Crippen molar-refractivity contribution in [2.45, 2.75) is 141 Å². The predicted octanol–water partition coefficient (Wildman–Crippen LogP) is 5.43. The lowest BCUT2D eigenvalue weighted by atomic mass is 9.81. The molecule has 2 saturated heterocycles. The lowest BCUT2D eigenvalue weighted by Gasteiger charge is -2.46. The molecular weight excluding hydrogens is 506 g/mol. The first-order valence-corrected chi connectivity index (χ1v) is 16.1. The van der Waals surface area contributed by atoms with E-state index in [9.17, 15) is 18.9 Å². The fraction of sp³-hybridized carbons (Fsp3) is 1.00. The molecule has 2 fully saturated rings. The normalized spacial score (nSPS) is 27.3. The minimum atomic E-state index is -4.14. The number of unbranched alkanes of at least 4 members (excludes halogenated alkanes) is 3. The molecule has 2 aliphatic heterocycles. The van der Waals surface area contributed by atoms with E-state index in [0.29, 0.717) is 38.5 Å². The molecule has 0 bridgehead atoms. The van der Waals surface area contributed by atoms with Gasteiger partial charge in [-0.15, -0.1) is 0 Å². The molecule has 2 aliphatic rings. The van der Waals surface area contributed by atoms with Gasteiger partial charge in [-0.3, -0.25) is 18.1 Å². The first-order chi connectivity index (χ1) is 16.2. The van der Waals surface area contributed by atoms with Gasteiger partial charge in [0.2, 0.25) is 0 Å². The Labute approximate surface area is 217 Å². The fourth-order valence-corrected chi connectivity index (χ4v) is 7.85. The molecule has 10 nitrogen and oxygen atoms in total. The Balaban J connectivity index is 1.61. The Morgan fingerprint density at radius 1 is 0.611 bits per heavy atom. The van der Waals surface area contributed by atoms with E-state index in [0.717, 1.165) is 12.8 Å². The zero-order valence-corrected chi connectivity index (χ0v) is 25.3. The van der Waals surface area contributed by atoms with Crippen LogP contribution in [0.2, 0.25) is 0 Å². The van der Waals surface area contributed by atoms with Crippen LogP contribution in [0, 0.1) is 0 Å². The molecule has 214 valence electrons. The Morgan fingerprint density at radius 3 is 1.17 bits per heavy atom. The van der Waals surface area contributed by atoms with Crippen molar-refractivity contribution in [3.8, 4) is 0 Å². The zero-order valence-electron chi connectivity index (χ0n) is 23.5. The second-order valence-corrected chi connectivity index (χ2v) is 15.9. The molecule has 0 radical (unpaired) electrons. The molecule has 0 saturated carbocycles. The molecule has 0 aromatic carbocycles. The highest BCUT2D eigenvalue weighted by Crippen LogP contribution is 2.49. The number of phosphoric acid groups is 2. The standard InChI is InChI=1S/C24H50N2O8P2/c1-21(2)15-19(16-22(3,4)25-21)33-35(27,28)31-13-11-9-10-12-14-32-36(29,30)34-20-17-23(5,6)26-24(7,8)18-20/h19-20,25-26H,9-18H2,1-8H3,(H,27,28)(H,29,30). The van der Waals surface area contributed by atoms with Crippen LogP contribution < -0.4 is 10.6 Å². The minimum Gasteiger partial charge on any atom is -0.307 e. The van der Waals surface area contributed by atoms with Gasteiger partial charge < -0.3 is 20.4 Å². The summed E-state index contributed by atoms with van der Waals surface area (Å²) in [7, 11) is -8.27. The van der Waals surface area contributed by atoms with Gasteiger partial charge in [0, 0.05) is 22.2 Å². The van der Waals surface area contributed by atoms with Crippen molar-refractivity contribution >= 4 is 15.6 Å². The topological polar surface area (TPSA) is 136 Å². The quantitative estimate of drug-likeness (QED) is 0.172. The molecule has 2 rings (SSSR count). The van der Waals surface area contributed by atoms with Crippen molar-refractivity contribution in [3.05, 3.63) is 0 Å². The molecule has 0 aromatic heterocycles. The molecule has 0 amide bonds. The van der Waals surface area contributed by atoms with Crippen LogP contribution in [0.15, 0.2) is 0 Å². The predicted molar refractivity (Wildman–Crippen MR) is 141 cm³/mol. The smallest absolute Gasteiger partial charge is 0.307 e. The van der Waals surface area contributed by atoms with E-state index in [1.165, 1.54) is 0 Å². The van der Waals surface area contributed by atoms with Crippen LogP contribution >= 0.6 is 15.6 Å². The monoisotopic (exact) mass is 556 g/mol. The molecule has 36 heavy (non-hydrogen) atoms. The summed E-state index contributed by atoms with van der Waals surface area (Å²) in [5.74, 6) is 0. The molecule has 2 unspecified atom stereocenters. The van der Waals surface area contributed by atoms with E-state index in [-0.39, 0.29) is 47.6 Å². The first-order valence-electron chi connectivity index (χ1n) is 13.1. The van der Waals surface area contributed by atoms with Gasteiger partial charge in [-0.25, -0.2) is 9.13 Å². The first kappa shape index (κ1) is 32.4. The number of piperidine rings is 2. The van der Waals surface area contributed by atoms with Gasteiger partial charge in [0.15, 0.2) is 0 Å². The molecule has 0 spiro atoms.